The van der Waals surface area contributed by atoms with Crippen LogP contribution in [0.2, 0.25) is 0 Å². The topological polar surface area (TPSA) is 105 Å². The minimum absolute atomic E-state index is 0.0436. The Morgan fingerprint density at radius 2 is 1.84 bits per heavy atom. The number of sulfonamides is 1. The van der Waals surface area contributed by atoms with Crippen molar-refractivity contribution in [2.24, 2.45) is 5.92 Å². The van der Waals surface area contributed by atoms with Gasteiger partial charge in [-0.3, -0.25) is 14.3 Å². The van der Waals surface area contributed by atoms with Gasteiger partial charge in [-0.25, -0.2) is 8.42 Å². The van der Waals surface area contributed by atoms with E-state index in [-0.39, 0.29) is 29.8 Å². The first-order valence-corrected chi connectivity index (χ1v) is 14.4. The molecule has 3 aromatic rings. The van der Waals surface area contributed by atoms with Crippen molar-refractivity contribution in [1.82, 2.24) is 14.1 Å². The fourth-order valence-corrected chi connectivity index (χ4v) is 7.39. The molecule has 10 heteroatoms. The number of carbonyl (C=O) groups excluding carboxylic acids is 2. The molecule has 0 saturated carbocycles. The lowest BCUT2D eigenvalue weighted by Gasteiger charge is -2.31. The highest BCUT2D eigenvalue weighted by atomic mass is 32.2. The largest absolute Gasteiger partial charge is 0.326 e. The standard InChI is InChI=1S/C28H33N5O4S/c1-19-8-6-11-24(16-19)29-28(35)23-10-7-14-31(17-23)38(36,37)27-20(2)30-33(21(27)3)18-26(34)32-15-13-22-9-4-5-12-25(22)32/h4-6,8-9,11-12,16,23H,7,10,13-15,17-18H2,1-3H3,(H,29,35)/t23-/m0/s1. The number of benzene rings is 2. The Bertz CT molecular complexity index is 1500. The van der Waals surface area contributed by atoms with Crippen LogP contribution >= 0.6 is 0 Å². The molecule has 0 radical (unpaired) electrons. The molecule has 0 aliphatic carbocycles. The summed E-state index contributed by atoms with van der Waals surface area (Å²) < 4.78 is 30.4. The Morgan fingerprint density at radius 1 is 1.05 bits per heavy atom. The zero-order valence-corrected chi connectivity index (χ0v) is 22.8. The number of piperidine rings is 1. The van der Waals surface area contributed by atoms with Crippen LogP contribution in [0.4, 0.5) is 11.4 Å². The van der Waals surface area contributed by atoms with Gasteiger partial charge in [-0.15, -0.1) is 0 Å². The maximum Gasteiger partial charge on any atom is 0.248 e. The van der Waals surface area contributed by atoms with Crippen molar-refractivity contribution in [3.63, 3.8) is 0 Å². The maximum atomic E-state index is 13.8. The Balaban J connectivity index is 1.32. The van der Waals surface area contributed by atoms with Crippen LogP contribution in [-0.2, 0) is 32.6 Å². The van der Waals surface area contributed by atoms with Gasteiger partial charge in [-0.05, 0) is 69.4 Å². The molecular weight excluding hydrogens is 502 g/mol. The summed E-state index contributed by atoms with van der Waals surface area (Å²) in [6.45, 7) is 6.28. The lowest BCUT2D eigenvalue weighted by atomic mass is 9.98. The SMILES string of the molecule is Cc1cccc(NC(=O)[C@H]2CCCN(S(=O)(=O)c3c(C)nn(CC(=O)N4CCc5ccccc54)c3C)C2)c1. The van der Waals surface area contributed by atoms with E-state index in [0.717, 1.165) is 23.2 Å². The molecule has 1 fully saturated rings. The highest BCUT2D eigenvalue weighted by Gasteiger charge is 2.37. The van der Waals surface area contributed by atoms with Crippen molar-refractivity contribution in [1.29, 1.82) is 0 Å². The van der Waals surface area contributed by atoms with E-state index >= 15 is 0 Å². The van der Waals surface area contributed by atoms with Crippen molar-refractivity contribution in [2.75, 3.05) is 29.9 Å². The minimum atomic E-state index is -3.91. The first kappa shape index (κ1) is 26.1. The van der Waals surface area contributed by atoms with Gasteiger partial charge < -0.3 is 10.2 Å². The van der Waals surface area contributed by atoms with E-state index in [0.29, 0.717) is 43.0 Å². The number of anilines is 2. The number of para-hydroxylation sites is 1. The molecule has 2 amide bonds. The summed E-state index contributed by atoms with van der Waals surface area (Å²) in [5.41, 5.74) is 4.54. The second-order valence-electron chi connectivity index (χ2n) is 10.1. The zero-order chi connectivity index (χ0) is 27.0. The highest BCUT2D eigenvalue weighted by Crippen LogP contribution is 2.30. The number of aryl methyl sites for hydroxylation is 2. The Morgan fingerprint density at radius 3 is 2.63 bits per heavy atom. The van der Waals surface area contributed by atoms with Crippen molar-refractivity contribution in [2.45, 2.75) is 51.5 Å². The van der Waals surface area contributed by atoms with Crippen LogP contribution in [0.25, 0.3) is 0 Å². The normalized spacial score (nSPS) is 17.9. The van der Waals surface area contributed by atoms with Gasteiger partial charge in [-0.1, -0.05) is 30.3 Å². The molecule has 0 spiro atoms. The van der Waals surface area contributed by atoms with Crippen molar-refractivity contribution < 1.29 is 18.0 Å². The predicted molar refractivity (Wildman–Crippen MR) is 145 cm³/mol. The van der Waals surface area contributed by atoms with E-state index in [1.807, 2.05) is 55.5 Å². The van der Waals surface area contributed by atoms with Crippen LogP contribution in [0, 0.1) is 26.7 Å². The molecule has 9 nitrogen and oxygen atoms in total. The molecular formula is C28H33N5O4S. The summed E-state index contributed by atoms with van der Waals surface area (Å²) >= 11 is 0. The molecule has 5 rings (SSSR count). The monoisotopic (exact) mass is 535 g/mol. The second-order valence-corrected chi connectivity index (χ2v) is 12.0. The average molecular weight is 536 g/mol. The number of nitrogens with zero attached hydrogens (tertiary/aromatic N) is 4. The van der Waals surface area contributed by atoms with E-state index < -0.39 is 15.9 Å². The predicted octanol–water partition coefficient (Wildman–Crippen LogP) is 3.44. The maximum absolute atomic E-state index is 13.8. The van der Waals surface area contributed by atoms with Gasteiger partial charge in [-0.2, -0.15) is 9.40 Å². The van der Waals surface area contributed by atoms with Crippen molar-refractivity contribution in [3.8, 4) is 0 Å². The molecule has 1 aromatic heterocycles. The quantitative estimate of drug-likeness (QED) is 0.521. The van der Waals surface area contributed by atoms with E-state index in [1.165, 1.54) is 8.99 Å². The summed E-state index contributed by atoms with van der Waals surface area (Å²) in [4.78, 5) is 28.0. The van der Waals surface area contributed by atoms with Crippen LogP contribution in [0.5, 0.6) is 0 Å². The van der Waals surface area contributed by atoms with Crippen LogP contribution in [0.1, 0.15) is 35.4 Å². The van der Waals surface area contributed by atoms with Gasteiger partial charge in [0.2, 0.25) is 21.8 Å². The number of nitrogens with one attached hydrogen (secondary N) is 1. The second kappa shape index (κ2) is 10.3. The number of hydrogen-bond acceptors (Lipinski definition) is 5. The molecule has 1 N–H and O–H groups in total. The Kier molecular flexibility index (Phi) is 7.11. The molecule has 2 aliphatic heterocycles. The number of hydrogen-bond donors (Lipinski definition) is 1. The third-order valence-corrected chi connectivity index (χ3v) is 9.54. The van der Waals surface area contributed by atoms with Gasteiger partial charge in [0.15, 0.2) is 0 Å². The fourth-order valence-electron chi connectivity index (χ4n) is 5.49. The Labute approximate surface area is 223 Å². The molecule has 200 valence electrons. The first-order valence-electron chi connectivity index (χ1n) is 12.9. The van der Waals surface area contributed by atoms with Gasteiger partial charge in [0.1, 0.15) is 11.4 Å². The molecule has 2 aliphatic rings. The molecule has 38 heavy (non-hydrogen) atoms. The van der Waals surface area contributed by atoms with Crippen LogP contribution in [0.15, 0.2) is 53.4 Å². The van der Waals surface area contributed by atoms with E-state index in [2.05, 4.69) is 10.4 Å². The lowest BCUT2D eigenvalue weighted by molar-refractivity contribution is -0.121. The van der Waals surface area contributed by atoms with Gasteiger partial charge in [0, 0.05) is 31.0 Å². The molecule has 2 aromatic carbocycles. The number of amides is 2. The van der Waals surface area contributed by atoms with E-state index in [9.17, 15) is 18.0 Å². The number of carbonyl (C=O) groups is 2. The number of rotatable bonds is 6. The van der Waals surface area contributed by atoms with E-state index in [4.69, 9.17) is 0 Å². The molecule has 0 bridgehead atoms. The fraction of sp³-hybridized carbons (Fsp3) is 0.393. The van der Waals surface area contributed by atoms with Crippen LogP contribution < -0.4 is 10.2 Å². The van der Waals surface area contributed by atoms with Crippen molar-refractivity contribution in [3.05, 3.63) is 71.0 Å². The van der Waals surface area contributed by atoms with Crippen LogP contribution in [-0.4, -0.2) is 54.0 Å². The molecule has 1 atom stereocenters. The summed E-state index contributed by atoms with van der Waals surface area (Å²) in [5.74, 6) is -0.766. The summed E-state index contributed by atoms with van der Waals surface area (Å²) in [5, 5.41) is 7.37. The van der Waals surface area contributed by atoms with Crippen LogP contribution in [0.3, 0.4) is 0 Å². The third-order valence-electron chi connectivity index (χ3n) is 7.43. The first-order chi connectivity index (χ1) is 18.1. The van der Waals surface area contributed by atoms with Gasteiger partial charge >= 0.3 is 0 Å². The van der Waals surface area contributed by atoms with Gasteiger partial charge in [0.05, 0.1) is 17.3 Å². The number of aromatic nitrogens is 2. The lowest BCUT2D eigenvalue weighted by Crippen LogP contribution is -2.44. The highest BCUT2D eigenvalue weighted by molar-refractivity contribution is 7.89. The Hall–Kier alpha value is -3.50. The minimum Gasteiger partial charge on any atom is -0.326 e. The third kappa shape index (κ3) is 4.98. The van der Waals surface area contributed by atoms with Gasteiger partial charge in [0.25, 0.3) is 0 Å². The molecule has 3 heterocycles. The molecule has 1 saturated heterocycles. The van der Waals surface area contributed by atoms with E-state index in [1.54, 1.807) is 18.7 Å². The summed E-state index contributed by atoms with van der Waals surface area (Å²) in [6.07, 6.45) is 2.00. The number of fused-ring (bicyclic) bond motifs is 1. The van der Waals surface area contributed by atoms with Crippen molar-refractivity contribution >= 4 is 33.2 Å². The summed E-state index contributed by atoms with van der Waals surface area (Å²) in [6, 6.07) is 15.4. The average Bonchev–Trinajstić information content (AvgIpc) is 3.44. The smallest absolute Gasteiger partial charge is 0.248 e. The zero-order valence-electron chi connectivity index (χ0n) is 22.0. The summed E-state index contributed by atoms with van der Waals surface area (Å²) in [7, 11) is -3.91. The molecule has 0 unspecified atom stereocenters.